The van der Waals surface area contributed by atoms with Crippen LogP contribution in [0, 0.1) is 11.8 Å². The fourth-order valence-electron chi connectivity index (χ4n) is 3.50. The maximum absolute atomic E-state index is 12.5. The second-order valence-corrected chi connectivity index (χ2v) is 7.58. The molecule has 0 saturated carbocycles. The average molecular weight is 402 g/mol. The molecule has 0 aromatic heterocycles. The summed E-state index contributed by atoms with van der Waals surface area (Å²) in [6, 6.07) is 6.22. The van der Waals surface area contributed by atoms with Crippen molar-refractivity contribution in [2.75, 3.05) is 18.2 Å². The molecule has 3 atom stereocenters. The SMILES string of the molecule is CSc1ccccc1NC(=O)COC(=O)[C@H](C)N1C(=O)[C@@H]2CC=CC[C@H]2C1=O. The first-order chi connectivity index (χ1) is 13.4. The monoisotopic (exact) mass is 402 g/mol. The maximum Gasteiger partial charge on any atom is 0.329 e. The zero-order valence-corrected chi connectivity index (χ0v) is 16.5. The number of carbonyl (C=O) groups excluding carboxylic acids is 4. The zero-order valence-electron chi connectivity index (χ0n) is 15.7. The molecule has 3 rings (SSSR count). The number of imide groups is 1. The molecule has 3 amide bonds. The van der Waals surface area contributed by atoms with E-state index in [1.54, 1.807) is 12.1 Å². The predicted molar refractivity (Wildman–Crippen MR) is 104 cm³/mol. The molecule has 0 spiro atoms. The molecule has 1 heterocycles. The summed E-state index contributed by atoms with van der Waals surface area (Å²) in [4.78, 5) is 51.4. The first-order valence-corrected chi connectivity index (χ1v) is 10.3. The minimum absolute atomic E-state index is 0.345. The number of para-hydroxylation sites is 1. The van der Waals surface area contributed by atoms with E-state index in [-0.39, 0.29) is 11.8 Å². The molecular formula is C20H22N2O5S. The van der Waals surface area contributed by atoms with Gasteiger partial charge in [-0.1, -0.05) is 24.3 Å². The Morgan fingerprint density at radius 1 is 1.18 bits per heavy atom. The van der Waals surface area contributed by atoms with E-state index in [1.807, 2.05) is 30.5 Å². The van der Waals surface area contributed by atoms with Crippen molar-refractivity contribution in [1.82, 2.24) is 4.90 Å². The van der Waals surface area contributed by atoms with Crippen LogP contribution in [0.4, 0.5) is 5.69 Å². The van der Waals surface area contributed by atoms with Crippen molar-refractivity contribution >= 4 is 41.1 Å². The van der Waals surface area contributed by atoms with Crippen LogP contribution in [0.5, 0.6) is 0 Å². The predicted octanol–water partition coefficient (Wildman–Crippen LogP) is 2.23. The first-order valence-electron chi connectivity index (χ1n) is 9.05. The van der Waals surface area contributed by atoms with Gasteiger partial charge in [0.15, 0.2) is 6.61 Å². The Hall–Kier alpha value is -2.61. The Balaban J connectivity index is 1.56. The highest BCUT2D eigenvalue weighted by atomic mass is 32.2. The van der Waals surface area contributed by atoms with E-state index in [0.717, 1.165) is 9.80 Å². The molecule has 1 aromatic rings. The maximum atomic E-state index is 12.5. The highest BCUT2D eigenvalue weighted by molar-refractivity contribution is 7.98. The van der Waals surface area contributed by atoms with Crippen LogP contribution >= 0.6 is 11.8 Å². The summed E-state index contributed by atoms with van der Waals surface area (Å²) in [5.41, 5.74) is 0.630. The molecule has 1 saturated heterocycles. The van der Waals surface area contributed by atoms with E-state index in [9.17, 15) is 19.2 Å². The van der Waals surface area contributed by atoms with Crippen LogP contribution < -0.4 is 5.32 Å². The van der Waals surface area contributed by atoms with Gasteiger partial charge in [-0.25, -0.2) is 4.79 Å². The van der Waals surface area contributed by atoms with Gasteiger partial charge in [0.1, 0.15) is 6.04 Å². The number of hydrogen-bond donors (Lipinski definition) is 1. The van der Waals surface area contributed by atoms with Crippen molar-refractivity contribution in [1.29, 1.82) is 0 Å². The lowest BCUT2D eigenvalue weighted by atomic mass is 9.85. The molecule has 1 aliphatic heterocycles. The third-order valence-corrected chi connectivity index (χ3v) is 5.79. The molecule has 1 aromatic carbocycles. The minimum Gasteiger partial charge on any atom is -0.454 e. The Kier molecular flexibility index (Phi) is 6.18. The van der Waals surface area contributed by atoms with Crippen molar-refractivity contribution in [3.05, 3.63) is 36.4 Å². The van der Waals surface area contributed by atoms with E-state index in [0.29, 0.717) is 18.5 Å². The number of nitrogens with zero attached hydrogens (tertiary/aromatic N) is 1. The fourth-order valence-corrected chi connectivity index (χ4v) is 4.06. The van der Waals surface area contributed by atoms with E-state index < -0.39 is 36.4 Å². The van der Waals surface area contributed by atoms with Gasteiger partial charge in [0.2, 0.25) is 11.8 Å². The smallest absolute Gasteiger partial charge is 0.329 e. The van der Waals surface area contributed by atoms with E-state index in [1.165, 1.54) is 18.7 Å². The quantitative estimate of drug-likeness (QED) is 0.339. The highest BCUT2D eigenvalue weighted by Gasteiger charge is 2.50. The molecule has 0 unspecified atom stereocenters. The third-order valence-electron chi connectivity index (χ3n) is 5.00. The van der Waals surface area contributed by atoms with Gasteiger partial charge in [0.25, 0.3) is 5.91 Å². The van der Waals surface area contributed by atoms with E-state index in [4.69, 9.17) is 4.74 Å². The standard InChI is InChI=1S/C20H22N2O5S/c1-12(22-18(24)13-7-3-4-8-14(13)19(22)25)20(26)27-11-17(23)21-15-9-5-6-10-16(15)28-2/h3-6,9-10,12-14H,7-8,11H2,1-2H3,(H,21,23)/t12-,13+,14+/m0/s1. The summed E-state index contributed by atoms with van der Waals surface area (Å²) < 4.78 is 5.05. The van der Waals surface area contributed by atoms with Crippen LogP contribution in [0.25, 0.3) is 0 Å². The van der Waals surface area contributed by atoms with Crippen molar-refractivity contribution in [3.63, 3.8) is 0 Å². The fraction of sp³-hybridized carbons (Fsp3) is 0.400. The van der Waals surface area contributed by atoms with Crippen LogP contribution in [0.15, 0.2) is 41.3 Å². The number of carbonyl (C=O) groups is 4. The van der Waals surface area contributed by atoms with Gasteiger partial charge >= 0.3 is 5.97 Å². The normalized spacial score (nSPS) is 22.0. The Bertz CT molecular complexity index is 812. The number of amides is 3. The second-order valence-electron chi connectivity index (χ2n) is 6.73. The lowest BCUT2D eigenvalue weighted by Gasteiger charge is -2.21. The molecular weight excluding hydrogens is 380 g/mol. The van der Waals surface area contributed by atoms with Gasteiger partial charge in [-0.3, -0.25) is 19.3 Å². The molecule has 2 aliphatic rings. The number of esters is 1. The minimum atomic E-state index is -1.06. The summed E-state index contributed by atoms with van der Waals surface area (Å²) >= 11 is 1.48. The topological polar surface area (TPSA) is 92.8 Å². The lowest BCUT2D eigenvalue weighted by molar-refractivity contribution is -0.159. The number of nitrogens with one attached hydrogen (secondary N) is 1. The molecule has 1 N–H and O–H groups in total. The number of anilines is 1. The Morgan fingerprint density at radius 3 is 2.39 bits per heavy atom. The van der Waals surface area contributed by atoms with Crippen molar-refractivity contribution in [3.8, 4) is 0 Å². The van der Waals surface area contributed by atoms with Gasteiger partial charge in [0.05, 0.1) is 17.5 Å². The van der Waals surface area contributed by atoms with Gasteiger partial charge in [-0.15, -0.1) is 11.8 Å². The van der Waals surface area contributed by atoms with Crippen LogP contribution in [0.2, 0.25) is 0 Å². The van der Waals surface area contributed by atoms with Crippen molar-refractivity contribution in [2.45, 2.75) is 30.7 Å². The van der Waals surface area contributed by atoms with E-state index in [2.05, 4.69) is 5.32 Å². The number of benzene rings is 1. The summed E-state index contributed by atoms with van der Waals surface area (Å²) in [6.07, 6.45) is 6.67. The van der Waals surface area contributed by atoms with Crippen LogP contribution in [0.3, 0.4) is 0 Å². The molecule has 1 fully saturated rings. The van der Waals surface area contributed by atoms with Gasteiger partial charge < -0.3 is 10.1 Å². The molecule has 8 heteroatoms. The van der Waals surface area contributed by atoms with Gasteiger partial charge in [-0.2, -0.15) is 0 Å². The number of fused-ring (bicyclic) bond motifs is 1. The largest absolute Gasteiger partial charge is 0.454 e. The second kappa shape index (κ2) is 8.60. The van der Waals surface area contributed by atoms with Gasteiger partial charge in [0, 0.05) is 4.90 Å². The number of likely N-dealkylation sites (tertiary alicyclic amines) is 1. The number of rotatable bonds is 6. The summed E-state index contributed by atoms with van der Waals surface area (Å²) in [6.45, 7) is 0.959. The lowest BCUT2D eigenvalue weighted by Crippen LogP contribution is -2.45. The number of thioether (sulfide) groups is 1. The molecule has 0 radical (unpaired) electrons. The summed E-state index contributed by atoms with van der Waals surface area (Å²) in [7, 11) is 0. The number of hydrogen-bond acceptors (Lipinski definition) is 6. The van der Waals surface area contributed by atoms with Gasteiger partial charge in [-0.05, 0) is 38.2 Å². The molecule has 28 heavy (non-hydrogen) atoms. The van der Waals surface area contributed by atoms with Crippen molar-refractivity contribution < 1.29 is 23.9 Å². The van der Waals surface area contributed by atoms with Crippen LogP contribution in [-0.2, 0) is 23.9 Å². The molecule has 7 nitrogen and oxygen atoms in total. The summed E-state index contributed by atoms with van der Waals surface area (Å²) in [5, 5.41) is 2.69. The number of allylic oxidation sites excluding steroid dienone is 2. The number of ether oxygens (including phenoxy) is 1. The van der Waals surface area contributed by atoms with Crippen molar-refractivity contribution in [2.24, 2.45) is 11.8 Å². The Morgan fingerprint density at radius 2 is 1.79 bits per heavy atom. The molecule has 148 valence electrons. The average Bonchev–Trinajstić information content (AvgIpc) is 2.96. The van der Waals surface area contributed by atoms with Crippen LogP contribution in [0.1, 0.15) is 19.8 Å². The van der Waals surface area contributed by atoms with E-state index >= 15 is 0 Å². The zero-order chi connectivity index (χ0) is 20.3. The molecule has 0 bridgehead atoms. The highest BCUT2D eigenvalue weighted by Crippen LogP contribution is 2.36. The molecule has 1 aliphatic carbocycles. The van der Waals surface area contributed by atoms with Crippen LogP contribution in [-0.4, -0.2) is 47.5 Å². The first kappa shape index (κ1) is 20.1. The summed E-state index contributed by atoms with van der Waals surface area (Å²) in [5.74, 6) is -2.76. The Labute approximate surface area is 167 Å². The third kappa shape index (κ3) is 3.96.